The molecule has 0 bridgehead atoms. The number of anilines is 1. The fourth-order valence-corrected chi connectivity index (χ4v) is 4.51. The van der Waals surface area contributed by atoms with Gasteiger partial charge in [-0.3, -0.25) is 4.79 Å². The van der Waals surface area contributed by atoms with Gasteiger partial charge in [0.2, 0.25) is 11.6 Å². The van der Waals surface area contributed by atoms with Crippen LogP contribution >= 0.6 is 0 Å². The van der Waals surface area contributed by atoms with E-state index in [0.717, 1.165) is 80.2 Å². The van der Waals surface area contributed by atoms with Crippen molar-refractivity contribution in [1.82, 2.24) is 24.7 Å². The molecule has 2 aliphatic heterocycles. The van der Waals surface area contributed by atoms with Crippen LogP contribution in [0.25, 0.3) is 16.9 Å². The molecule has 2 aliphatic rings. The molecule has 4 heterocycles. The SMILES string of the molecule is COc1ccc(-c2cc(N3CCC(C(=O)N4CCCC4)CC3)c3nncn3n2)cc1. The summed E-state index contributed by atoms with van der Waals surface area (Å²) in [4.78, 5) is 17.1. The number of carbonyl (C=O) groups excluding carboxylic acids is 1. The Labute approximate surface area is 175 Å². The molecule has 0 saturated carbocycles. The van der Waals surface area contributed by atoms with Crippen LogP contribution in [0.1, 0.15) is 25.7 Å². The van der Waals surface area contributed by atoms with Crippen LogP contribution in [0.2, 0.25) is 0 Å². The van der Waals surface area contributed by atoms with Gasteiger partial charge in [0.15, 0.2) is 0 Å². The first-order chi connectivity index (χ1) is 14.7. The quantitative estimate of drug-likeness (QED) is 0.663. The van der Waals surface area contributed by atoms with Gasteiger partial charge < -0.3 is 14.5 Å². The van der Waals surface area contributed by atoms with Crippen LogP contribution in [0.4, 0.5) is 5.69 Å². The van der Waals surface area contributed by atoms with E-state index in [1.165, 1.54) is 0 Å². The van der Waals surface area contributed by atoms with E-state index in [-0.39, 0.29) is 5.92 Å². The molecule has 0 atom stereocenters. The van der Waals surface area contributed by atoms with Crippen molar-refractivity contribution in [2.24, 2.45) is 5.92 Å². The maximum Gasteiger partial charge on any atom is 0.225 e. The Kier molecular flexibility index (Phi) is 4.98. The molecule has 8 heteroatoms. The molecular weight excluding hydrogens is 380 g/mol. The second kappa shape index (κ2) is 7.93. The van der Waals surface area contributed by atoms with E-state index in [2.05, 4.69) is 26.3 Å². The van der Waals surface area contributed by atoms with Crippen LogP contribution < -0.4 is 9.64 Å². The van der Waals surface area contributed by atoms with Gasteiger partial charge in [-0.05, 0) is 56.0 Å². The molecule has 0 radical (unpaired) electrons. The largest absolute Gasteiger partial charge is 0.497 e. The lowest BCUT2D eigenvalue weighted by Crippen LogP contribution is -2.41. The average molecular weight is 406 g/mol. The number of nitrogens with zero attached hydrogens (tertiary/aromatic N) is 6. The molecule has 5 rings (SSSR count). The molecule has 2 saturated heterocycles. The van der Waals surface area contributed by atoms with Crippen LogP contribution in [0.15, 0.2) is 36.7 Å². The van der Waals surface area contributed by atoms with Crippen molar-refractivity contribution in [2.45, 2.75) is 25.7 Å². The molecule has 0 unspecified atom stereocenters. The standard InChI is InChI=1S/C22H26N6O2/c1-30-18-6-4-16(5-7-18)19-14-20(21-24-23-15-28(21)25-19)26-12-8-17(9-13-26)22(29)27-10-2-3-11-27/h4-7,14-15,17H,2-3,8-13H2,1H3. The Morgan fingerprint density at radius 3 is 2.50 bits per heavy atom. The fourth-order valence-electron chi connectivity index (χ4n) is 4.51. The number of likely N-dealkylation sites (tertiary alicyclic amines) is 1. The van der Waals surface area contributed by atoms with E-state index in [0.29, 0.717) is 5.91 Å². The highest BCUT2D eigenvalue weighted by Gasteiger charge is 2.30. The maximum atomic E-state index is 12.8. The number of aromatic nitrogens is 4. The van der Waals surface area contributed by atoms with E-state index < -0.39 is 0 Å². The predicted octanol–water partition coefficient (Wildman–Crippen LogP) is 2.64. The molecule has 156 valence electrons. The normalized spacial score (nSPS) is 17.6. The van der Waals surface area contributed by atoms with Crippen molar-refractivity contribution < 1.29 is 9.53 Å². The van der Waals surface area contributed by atoms with Crippen molar-refractivity contribution in [2.75, 3.05) is 38.2 Å². The van der Waals surface area contributed by atoms with Gasteiger partial charge in [-0.1, -0.05) is 0 Å². The smallest absolute Gasteiger partial charge is 0.225 e. The third-order valence-corrected chi connectivity index (χ3v) is 6.24. The molecular formula is C22H26N6O2. The number of amides is 1. The van der Waals surface area contributed by atoms with Gasteiger partial charge in [-0.15, -0.1) is 10.2 Å². The fraction of sp³-hybridized carbons (Fsp3) is 0.455. The molecule has 30 heavy (non-hydrogen) atoms. The Morgan fingerprint density at radius 2 is 1.80 bits per heavy atom. The van der Waals surface area contributed by atoms with E-state index in [9.17, 15) is 4.79 Å². The minimum Gasteiger partial charge on any atom is -0.497 e. The summed E-state index contributed by atoms with van der Waals surface area (Å²) in [6, 6.07) is 9.95. The number of hydrogen-bond donors (Lipinski definition) is 0. The van der Waals surface area contributed by atoms with Crippen LogP contribution in [0.3, 0.4) is 0 Å². The van der Waals surface area contributed by atoms with Gasteiger partial charge in [-0.25, -0.2) is 0 Å². The number of fused-ring (bicyclic) bond motifs is 1. The van der Waals surface area contributed by atoms with Crippen molar-refractivity contribution in [3.63, 3.8) is 0 Å². The summed E-state index contributed by atoms with van der Waals surface area (Å²) >= 11 is 0. The monoisotopic (exact) mass is 406 g/mol. The summed E-state index contributed by atoms with van der Waals surface area (Å²) in [6.45, 7) is 3.52. The highest BCUT2D eigenvalue weighted by Crippen LogP contribution is 2.31. The second-order valence-electron chi connectivity index (χ2n) is 8.04. The highest BCUT2D eigenvalue weighted by atomic mass is 16.5. The van der Waals surface area contributed by atoms with Gasteiger partial charge in [0, 0.05) is 37.7 Å². The lowest BCUT2D eigenvalue weighted by molar-refractivity contribution is -0.135. The van der Waals surface area contributed by atoms with Gasteiger partial charge in [0.1, 0.15) is 12.1 Å². The van der Waals surface area contributed by atoms with Crippen molar-refractivity contribution in [1.29, 1.82) is 0 Å². The first kappa shape index (κ1) is 18.8. The number of methoxy groups -OCH3 is 1. The number of rotatable bonds is 4. The number of ether oxygens (including phenoxy) is 1. The van der Waals surface area contributed by atoms with Gasteiger partial charge >= 0.3 is 0 Å². The number of hydrogen-bond acceptors (Lipinski definition) is 6. The van der Waals surface area contributed by atoms with Crippen LogP contribution in [0, 0.1) is 5.92 Å². The van der Waals surface area contributed by atoms with E-state index in [1.54, 1.807) is 18.0 Å². The van der Waals surface area contributed by atoms with Crippen LogP contribution in [0.5, 0.6) is 5.75 Å². The van der Waals surface area contributed by atoms with Crippen LogP contribution in [-0.4, -0.2) is 63.9 Å². The lowest BCUT2D eigenvalue weighted by Gasteiger charge is -2.34. The van der Waals surface area contributed by atoms with Crippen molar-refractivity contribution >= 4 is 17.2 Å². The third kappa shape index (κ3) is 3.46. The summed E-state index contributed by atoms with van der Waals surface area (Å²) in [5, 5.41) is 13.0. The van der Waals surface area contributed by atoms with E-state index in [1.807, 2.05) is 29.2 Å². The summed E-state index contributed by atoms with van der Waals surface area (Å²) < 4.78 is 7.00. The molecule has 3 aromatic rings. The van der Waals surface area contributed by atoms with E-state index >= 15 is 0 Å². The summed E-state index contributed by atoms with van der Waals surface area (Å²) in [7, 11) is 1.66. The molecule has 0 N–H and O–H groups in total. The third-order valence-electron chi connectivity index (χ3n) is 6.24. The summed E-state index contributed by atoms with van der Waals surface area (Å²) in [6.07, 6.45) is 5.66. The first-order valence-corrected chi connectivity index (χ1v) is 10.6. The average Bonchev–Trinajstić information content (AvgIpc) is 3.50. The Hall–Kier alpha value is -3.16. The van der Waals surface area contributed by atoms with Crippen LogP contribution in [-0.2, 0) is 4.79 Å². The highest BCUT2D eigenvalue weighted by molar-refractivity contribution is 5.80. The van der Waals surface area contributed by atoms with Crippen molar-refractivity contribution in [3.8, 4) is 17.0 Å². The minimum absolute atomic E-state index is 0.135. The molecule has 0 spiro atoms. The predicted molar refractivity (Wildman–Crippen MR) is 114 cm³/mol. The number of piperidine rings is 1. The molecule has 1 aromatic carbocycles. The van der Waals surface area contributed by atoms with Gasteiger partial charge in [-0.2, -0.15) is 9.61 Å². The first-order valence-electron chi connectivity index (χ1n) is 10.6. The lowest BCUT2D eigenvalue weighted by atomic mass is 9.95. The molecule has 2 fully saturated rings. The molecule has 0 aliphatic carbocycles. The number of benzene rings is 1. The molecule has 1 amide bonds. The Morgan fingerprint density at radius 1 is 1.07 bits per heavy atom. The zero-order chi connectivity index (χ0) is 20.5. The topological polar surface area (TPSA) is 75.9 Å². The molecule has 8 nitrogen and oxygen atoms in total. The minimum atomic E-state index is 0.135. The maximum absolute atomic E-state index is 12.8. The number of carbonyl (C=O) groups is 1. The Bertz CT molecular complexity index is 1030. The van der Waals surface area contributed by atoms with E-state index in [4.69, 9.17) is 4.74 Å². The summed E-state index contributed by atoms with van der Waals surface area (Å²) in [5.41, 5.74) is 3.62. The zero-order valence-electron chi connectivity index (χ0n) is 17.2. The summed E-state index contributed by atoms with van der Waals surface area (Å²) in [5.74, 6) is 1.29. The molecule has 2 aromatic heterocycles. The Balaban J connectivity index is 1.38. The zero-order valence-corrected chi connectivity index (χ0v) is 17.2. The van der Waals surface area contributed by atoms with Gasteiger partial charge in [0.05, 0.1) is 18.5 Å². The van der Waals surface area contributed by atoms with Crippen molar-refractivity contribution in [3.05, 3.63) is 36.7 Å². The second-order valence-corrected chi connectivity index (χ2v) is 8.04. The van der Waals surface area contributed by atoms with Gasteiger partial charge in [0.25, 0.3) is 0 Å².